The summed E-state index contributed by atoms with van der Waals surface area (Å²) in [6, 6.07) is 8.59. The maximum absolute atomic E-state index is 12.1. The molecule has 26 heavy (non-hydrogen) atoms. The number of nitrogens with zero attached hydrogens (tertiary/aromatic N) is 2. The van der Waals surface area contributed by atoms with Crippen LogP contribution in [0.4, 0.5) is 4.79 Å². The SMILES string of the molecule is COC(=O)c1ccccc1-n1c(C)cc(/C=C2/NC(=O)N(C)C2=O)c1C. The molecule has 7 heteroatoms. The van der Waals surface area contributed by atoms with Crippen molar-refractivity contribution >= 4 is 24.0 Å². The lowest BCUT2D eigenvalue weighted by Crippen LogP contribution is -2.25. The highest BCUT2D eigenvalue weighted by Crippen LogP contribution is 2.26. The molecular weight excluding hydrogens is 334 g/mol. The van der Waals surface area contributed by atoms with Crippen LogP contribution in [0.1, 0.15) is 27.3 Å². The number of methoxy groups -OCH3 is 1. The fraction of sp³-hybridized carbons (Fsp3) is 0.211. The van der Waals surface area contributed by atoms with Crippen molar-refractivity contribution in [1.29, 1.82) is 0 Å². The molecule has 1 aromatic heterocycles. The number of ether oxygens (including phenoxy) is 1. The van der Waals surface area contributed by atoms with E-state index in [9.17, 15) is 14.4 Å². The van der Waals surface area contributed by atoms with E-state index in [1.165, 1.54) is 14.2 Å². The second-order valence-electron chi connectivity index (χ2n) is 6.02. The van der Waals surface area contributed by atoms with E-state index in [-0.39, 0.29) is 11.6 Å². The lowest BCUT2D eigenvalue weighted by molar-refractivity contribution is -0.121. The predicted octanol–water partition coefficient (Wildman–Crippen LogP) is 2.40. The van der Waals surface area contributed by atoms with E-state index in [1.807, 2.05) is 36.6 Å². The minimum atomic E-state index is -0.453. The largest absolute Gasteiger partial charge is 0.465 e. The summed E-state index contributed by atoms with van der Waals surface area (Å²) in [5.41, 5.74) is 3.86. The lowest BCUT2D eigenvalue weighted by atomic mass is 10.1. The Kier molecular flexibility index (Phi) is 4.38. The number of hydrogen-bond donors (Lipinski definition) is 1. The number of benzene rings is 1. The van der Waals surface area contributed by atoms with Gasteiger partial charge in [0.1, 0.15) is 5.70 Å². The summed E-state index contributed by atoms with van der Waals surface area (Å²) in [5, 5.41) is 2.55. The summed E-state index contributed by atoms with van der Waals surface area (Å²) < 4.78 is 6.79. The molecule has 1 fully saturated rings. The van der Waals surface area contributed by atoms with Gasteiger partial charge in [0.15, 0.2) is 0 Å². The van der Waals surface area contributed by atoms with E-state index in [4.69, 9.17) is 4.74 Å². The molecule has 134 valence electrons. The van der Waals surface area contributed by atoms with Crippen LogP contribution < -0.4 is 5.32 Å². The summed E-state index contributed by atoms with van der Waals surface area (Å²) in [6.45, 7) is 3.79. The van der Waals surface area contributed by atoms with Crippen molar-refractivity contribution in [2.45, 2.75) is 13.8 Å². The Morgan fingerprint density at radius 1 is 1.19 bits per heavy atom. The maximum atomic E-state index is 12.1. The van der Waals surface area contributed by atoms with Crippen molar-refractivity contribution in [3.05, 3.63) is 58.5 Å². The van der Waals surface area contributed by atoms with Gasteiger partial charge in [-0.15, -0.1) is 0 Å². The molecule has 1 aliphatic rings. The van der Waals surface area contributed by atoms with Crippen LogP contribution in [-0.2, 0) is 9.53 Å². The van der Waals surface area contributed by atoms with Crippen LogP contribution in [0.2, 0.25) is 0 Å². The van der Waals surface area contributed by atoms with Crippen LogP contribution in [0.15, 0.2) is 36.0 Å². The molecule has 1 aromatic carbocycles. The first-order valence-corrected chi connectivity index (χ1v) is 8.02. The number of imide groups is 1. The summed E-state index contributed by atoms with van der Waals surface area (Å²) in [5.74, 6) is -0.803. The molecule has 0 radical (unpaired) electrons. The molecule has 0 unspecified atom stereocenters. The second-order valence-corrected chi connectivity index (χ2v) is 6.02. The van der Waals surface area contributed by atoms with E-state index < -0.39 is 12.0 Å². The summed E-state index contributed by atoms with van der Waals surface area (Å²) in [6.07, 6.45) is 1.64. The van der Waals surface area contributed by atoms with Gasteiger partial charge >= 0.3 is 12.0 Å². The van der Waals surface area contributed by atoms with Crippen LogP contribution in [0, 0.1) is 13.8 Å². The van der Waals surface area contributed by atoms with Crippen LogP contribution >= 0.6 is 0 Å². The Balaban J connectivity index is 2.10. The number of para-hydroxylation sites is 1. The van der Waals surface area contributed by atoms with Crippen molar-refractivity contribution in [3.8, 4) is 5.69 Å². The number of hydrogen-bond acceptors (Lipinski definition) is 4. The molecule has 1 saturated heterocycles. The number of urea groups is 1. The Morgan fingerprint density at radius 3 is 2.50 bits per heavy atom. The van der Waals surface area contributed by atoms with Gasteiger partial charge in [0.2, 0.25) is 0 Å². The highest BCUT2D eigenvalue weighted by Gasteiger charge is 2.30. The van der Waals surface area contributed by atoms with Crippen LogP contribution in [0.3, 0.4) is 0 Å². The Hall–Kier alpha value is -3.35. The third-order valence-electron chi connectivity index (χ3n) is 4.40. The number of aromatic nitrogens is 1. The third-order valence-corrected chi connectivity index (χ3v) is 4.40. The summed E-state index contributed by atoms with van der Waals surface area (Å²) >= 11 is 0. The Morgan fingerprint density at radius 2 is 1.88 bits per heavy atom. The standard InChI is InChI=1S/C19H19N3O4/c1-11-9-13(10-15-17(23)21(3)19(25)20-15)12(2)22(11)16-8-6-5-7-14(16)18(24)26-4/h5-10H,1-4H3,(H,20,25)/b15-10+. The molecule has 0 saturated carbocycles. The van der Waals surface area contributed by atoms with Gasteiger partial charge in [0.25, 0.3) is 5.91 Å². The molecule has 2 heterocycles. The van der Waals surface area contributed by atoms with Gasteiger partial charge in [-0.1, -0.05) is 12.1 Å². The zero-order chi connectivity index (χ0) is 19.0. The monoisotopic (exact) mass is 353 g/mol. The molecule has 2 aromatic rings. The van der Waals surface area contributed by atoms with Crippen molar-refractivity contribution in [3.63, 3.8) is 0 Å². The van der Waals surface area contributed by atoms with Crippen molar-refractivity contribution < 1.29 is 19.1 Å². The quantitative estimate of drug-likeness (QED) is 0.522. The number of carbonyl (C=O) groups is 3. The van der Waals surface area contributed by atoms with Gasteiger partial charge in [0, 0.05) is 18.4 Å². The molecular formula is C19H19N3O4. The number of rotatable bonds is 3. The van der Waals surface area contributed by atoms with Crippen molar-refractivity contribution in [1.82, 2.24) is 14.8 Å². The molecule has 3 rings (SSSR count). The predicted molar refractivity (Wildman–Crippen MR) is 95.9 cm³/mol. The van der Waals surface area contributed by atoms with Crippen LogP contribution in [0.25, 0.3) is 11.8 Å². The summed E-state index contributed by atoms with van der Waals surface area (Å²) in [7, 11) is 2.77. The van der Waals surface area contributed by atoms with Crippen molar-refractivity contribution in [2.75, 3.05) is 14.2 Å². The number of nitrogens with one attached hydrogen (secondary N) is 1. The maximum Gasteiger partial charge on any atom is 0.339 e. The van der Waals surface area contributed by atoms with Gasteiger partial charge in [-0.25, -0.2) is 9.59 Å². The average molecular weight is 353 g/mol. The topological polar surface area (TPSA) is 80.6 Å². The molecule has 0 spiro atoms. The van der Waals surface area contributed by atoms with E-state index in [2.05, 4.69) is 5.32 Å². The molecule has 1 aliphatic heterocycles. The first kappa shape index (κ1) is 17.5. The Labute approximate surface area is 150 Å². The number of carbonyl (C=O) groups excluding carboxylic acids is 3. The fourth-order valence-corrected chi connectivity index (χ4v) is 3.03. The number of aryl methyl sites for hydroxylation is 1. The zero-order valence-electron chi connectivity index (χ0n) is 15.0. The van der Waals surface area contributed by atoms with Crippen molar-refractivity contribution in [2.24, 2.45) is 0 Å². The Bertz CT molecular complexity index is 956. The van der Waals surface area contributed by atoms with E-state index in [0.29, 0.717) is 11.3 Å². The highest BCUT2D eigenvalue weighted by atomic mass is 16.5. The number of amides is 3. The van der Waals surface area contributed by atoms with Gasteiger partial charge in [-0.2, -0.15) is 0 Å². The van der Waals surface area contributed by atoms with Gasteiger partial charge < -0.3 is 14.6 Å². The van der Waals surface area contributed by atoms with E-state index in [1.54, 1.807) is 18.2 Å². The molecule has 7 nitrogen and oxygen atoms in total. The molecule has 0 bridgehead atoms. The molecule has 3 amide bonds. The van der Waals surface area contributed by atoms with Gasteiger partial charge in [-0.05, 0) is 43.7 Å². The van der Waals surface area contributed by atoms with E-state index in [0.717, 1.165) is 21.9 Å². The van der Waals surface area contributed by atoms with Crippen LogP contribution in [0.5, 0.6) is 0 Å². The minimum Gasteiger partial charge on any atom is -0.465 e. The zero-order valence-corrected chi connectivity index (χ0v) is 15.0. The van der Waals surface area contributed by atoms with Gasteiger partial charge in [0.05, 0.1) is 18.4 Å². The van der Waals surface area contributed by atoms with Crippen LogP contribution in [-0.4, -0.2) is 41.5 Å². The molecule has 1 N–H and O–H groups in total. The lowest BCUT2D eigenvalue weighted by Gasteiger charge is -2.13. The van der Waals surface area contributed by atoms with Gasteiger partial charge in [-0.3, -0.25) is 9.69 Å². The fourth-order valence-electron chi connectivity index (χ4n) is 3.03. The first-order valence-electron chi connectivity index (χ1n) is 8.02. The smallest absolute Gasteiger partial charge is 0.339 e. The third kappa shape index (κ3) is 2.77. The molecule has 0 aliphatic carbocycles. The minimum absolute atomic E-state index is 0.221. The highest BCUT2D eigenvalue weighted by molar-refractivity contribution is 6.13. The second kappa shape index (κ2) is 6.51. The molecule has 0 atom stereocenters. The first-order chi connectivity index (χ1) is 12.3. The normalized spacial score (nSPS) is 15.5. The van der Waals surface area contributed by atoms with E-state index >= 15 is 0 Å². The average Bonchev–Trinajstić information content (AvgIpc) is 3.04. The number of esters is 1. The summed E-state index contributed by atoms with van der Waals surface area (Å²) in [4.78, 5) is 36.8. The number of likely N-dealkylation sites (N-methyl/N-ethyl adjacent to an activating group) is 1.